The van der Waals surface area contributed by atoms with Crippen molar-refractivity contribution in [3.8, 4) is 0 Å². The second-order valence-electron chi connectivity index (χ2n) is 3.66. The highest BCUT2D eigenvalue weighted by Gasteiger charge is 2.19. The molecule has 2 heterocycles. The van der Waals surface area contributed by atoms with Gasteiger partial charge in [-0.15, -0.1) is 0 Å². The number of hydrogen-bond donors (Lipinski definition) is 0. The van der Waals surface area contributed by atoms with Crippen molar-refractivity contribution in [3.63, 3.8) is 0 Å². The van der Waals surface area contributed by atoms with Gasteiger partial charge in [0.15, 0.2) is 0 Å². The molecule has 1 saturated heterocycles. The van der Waals surface area contributed by atoms with Crippen LogP contribution in [0.1, 0.15) is 13.3 Å². The van der Waals surface area contributed by atoms with Gasteiger partial charge in [0.05, 0.1) is 0 Å². The summed E-state index contributed by atoms with van der Waals surface area (Å²) in [5.41, 5.74) is 0. The first-order chi connectivity index (χ1) is 6.25. The van der Waals surface area contributed by atoms with Crippen molar-refractivity contribution >= 4 is 21.7 Å². The molecule has 70 valence electrons. The fourth-order valence-electron chi connectivity index (χ4n) is 1.72. The van der Waals surface area contributed by atoms with Gasteiger partial charge in [0.25, 0.3) is 0 Å². The van der Waals surface area contributed by atoms with Crippen LogP contribution in [0, 0.1) is 5.92 Å². The fourth-order valence-corrected chi connectivity index (χ4v) is 2.05. The van der Waals surface area contributed by atoms with Gasteiger partial charge in [-0.2, -0.15) is 0 Å². The van der Waals surface area contributed by atoms with E-state index < -0.39 is 0 Å². The zero-order chi connectivity index (χ0) is 9.26. The van der Waals surface area contributed by atoms with E-state index in [0.717, 1.165) is 29.4 Å². The molecule has 0 amide bonds. The van der Waals surface area contributed by atoms with Crippen LogP contribution in [-0.4, -0.2) is 18.1 Å². The lowest BCUT2D eigenvalue weighted by Crippen LogP contribution is -2.20. The maximum absolute atomic E-state index is 4.43. The number of hydrogen-bond acceptors (Lipinski definition) is 2. The molecule has 0 aromatic carbocycles. The Morgan fingerprint density at radius 2 is 2.38 bits per heavy atom. The molecule has 0 radical (unpaired) electrons. The number of pyridine rings is 1. The minimum absolute atomic E-state index is 0.806. The Labute approximate surface area is 87.1 Å². The Kier molecular flexibility index (Phi) is 2.54. The number of anilines is 1. The van der Waals surface area contributed by atoms with Crippen LogP contribution in [0.2, 0.25) is 0 Å². The summed E-state index contributed by atoms with van der Waals surface area (Å²) >= 11 is 3.39. The molecule has 1 aromatic rings. The molecule has 13 heavy (non-hydrogen) atoms. The lowest BCUT2D eigenvalue weighted by molar-refractivity contribution is 0.659. The highest BCUT2D eigenvalue weighted by Crippen LogP contribution is 2.22. The molecule has 0 N–H and O–H groups in total. The molecule has 2 rings (SSSR count). The molecule has 1 fully saturated rings. The van der Waals surface area contributed by atoms with Crippen molar-refractivity contribution in [3.05, 3.63) is 22.8 Å². The lowest BCUT2D eigenvalue weighted by atomic mass is 10.2. The van der Waals surface area contributed by atoms with Gasteiger partial charge < -0.3 is 4.90 Å². The quantitative estimate of drug-likeness (QED) is 0.703. The molecule has 1 aromatic heterocycles. The third-order valence-electron chi connectivity index (χ3n) is 2.45. The highest BCUT2D eigenvalue weighted by molar-refractivity contribution is 9.10. The maximum atomic E-state index is 4.43. The molecule has 1 unspecified atom stereocenters. The van der Waals surface area contributed by atoms with Crippen molar-refractivity contribution in [2.75, 3.05) is 18.0 Å². The first kappa shape index (κ1) is 9.00. The van der Waals surface area contributed by atoms with E-state index in [0.29, 0.717) is 0 Å². The molecule has 1 aliphatic rings. The van der Waals surface area contributed by atoms with Crippen LogP contribution >= 0.6 is 15.9 Å². The fraction of sp³-hybridized carbons (Fsp3) is 0.500. The average molecular weight is 241 g/mol. The number of halogens is 1. The number of nitrogens with zero attached hydrogens (tertiary/aromatic N) is 2. The van der Waals surface area contributed by atoms with E-state index >= 15 is 0 Å². The molecular weight excluding hydrogens is 228 g/mol. The van der Waals surface area contributed by atoms with E-state index in [1.165, 1.54) is 6.42 Å². The molecule has 3 heteroatoms. The summed E-state index contributed by atoms with van der Waals surface area (Å²) in [7, 11) is 0. The van der Waals surface area contributed by atoms with E-state index in [-0.39, 0.29) is 0 Å². The van der Waals surface area contributed by atoms with Crippen LogP contribution in [0.25, 0.3) is 0 Å². The van der Waals surface area contributed by atoms with E-state index in [9.17, 15) is 0 Å². The first-order valence-electron chi connectivity index (χ1n) is 4.63. The molecular formula is C10H13BrN2. The third-order valence-corrected chi connectivity index (χ3v) is 2.89. The van der Waals surface area contributed by atoms with Crippen molar-refractivity contribution < 1.29 is 0 Å². The van der Waals surface area contributed by atoms with E-state index in [1.807, 2.05) is 12.1 Å². The first-order valence-corrected chi connectivity index (χ1v) is 5.42. The molecule has 1 atom stereocenters. The van der Waals surface area contributed by atoms with Crippen LogP contribution in [0.3, 0.4) is 0 Å². The Hall–Kier alpha value is -0.570. The smallest absolute Gasteiger partial charge is 0.129 e. The van der Waals surface area contributed by atoms with Gasteiger partial charge in [-0.1, -0.05) is 13.0 Å². The van der Waals surface area contributed by atoms with Crippen LogP contribution in [0.4, 0.5) is 5.82 Å². The summed E-state index contributed by atoms with van der Waals surface area (Å²) in [6, 6.07) is 6.07. The molecule has 0 saturated carbocycles. The minimum atomic E-state index is 0.806. The lowest BCUT2D eigenvalue weighted by Gasteiger charge is -2.16. The number of aromatic nitrogens is 1. The predicted molar refractivity (Wildman–Crippen MR) is 57.9 cm³/mol. The van der Waals surface area contributed by atoms with Crippen LogP contribution in [0.5, 0.6) is 0 Å². The van der Waals surface area contributed by atoms with Gasteiger partial charge in [0, 0.05) is 13.1 Å². The summed E-state index contributed by atoms with van der Waals surface area (Å²) < 4.78 is 0.921. The van der Waals surface area contributed by atoms with Crippen molar-refractivity contribution in [2.45, 2.75) is 13.3 Å². The Balaban J connectivity index is 2.16. The Bertz CT molecular complexity index is 301. The van der Waals surface area contributed by atoms with Crippen LogP contribution < -0.4 is 4.90 Å². The average Bonchev–Trinajstić information content (AvgIpc) is 2.52. The van der Waals surface area contributed by atoms with Crippen molar-refractivity contribution in [2.24, 2.45) is 5.92 Å². The van der Waals surface area contributed by atoms with Crippen molar-refractivity contribution in [1.82, 2.24) is 4.98 Å². The molecule has 0 spiro atoms. The zero-order valence-electron chi connectivity index (χ0n) is 7.70. The summed E-state index contributed by atoms with van der Waals surface area (Å²) in [5, 5.41) is 0. The monoisotopic (exact) mass is 240 g/mol. The third kappa shape index (κ3) is 2.02. The molecule has 0 bridgehead atoms. The SMILES string of the molecule is CC1CCN(c2cccc(Br)n2)C1. The van der Waals surface area contributed by atoms with Gasteiger partial charge in [-0.25, -0.2) is 4.98 Å². The van der Waals surface area contributed by atoms with Crippen molar-refractivity contribution in [1.29, 1.82) is 0 Å². The molecule has 0 aliphatic carbocycles. The maximum Gasteiger partial charge on any atom is 0.129 e. The Morgan fingerprint density at radius 3 is 3.00 bits per heavy atom. The standard InChI is InChI=1S/C10H13BrN2/c1-8-5-6-13(7-8)10-4-2-3-9(11)12-10/h2-4,8H,5-7H2,1H3. The molecule has 2 nitrogen and oxygen atoms in total. The van der Waals surface area contributed by atoms with Gasteiger partial charge in [0.1, 0.15) is 10.4 Å². The zero-order valence-corrected chi connectivity index (χ0v) is 9.29. The van der Waals surface area contributed by atoms with Gasteiger partial charge in [-0.3, -0.25) is 0 Å². The largest absolute Gasteiger partial charge is 0.356 e. The normalized spacial score (nSPS) is 22.3. The predicted octanol–water partition coefficient (Wildman–Crippen LogP) is 2.69. The highest BCUT2D eigenvalue weighted by atomic mass is 79.9. The summed E-state index contributed by atoms with van der Waals surface area (Å²) in [6.45, 7) is 4.58. The van der Waals surface area contributed by atoms with E-state index in [4.69, 9.17) is 0 Å². The minimum Gasteiger partial charge on any atom is -0.356 e. The van der Waals surface area contributed by atoms with Gasteiger partial charge in [-0.05, 0) is 40.4 Å². The second-order valence-corrected chi connectivity index (χ2v) is 4.47. The van der Waals surface area contributed by atoms with E-state index in [1.54, 1.807) is 0 Å². The van der Waals surface area contributed by atoms with Crippen LogP contribution in [0.15, 0.2) is 22.8 Å². The topological polar surface area (TPSA) is 16.1 Å². The Morgan fingerprint density at radius 1 is 1.54 bits per heavy atom. The summed E-state index contributed by atoms with van der Waals surface area (Å²) in [4.78, 5) is 6.77. The second kappa shape index (κ2) is 3.66. The number of rotatable bonds is 1. The van der Waals surface area contributed by atoms with Gasteiger partial charge >= 0.3 is 0 Å². The molecule has 1 aliphatic heterocycles. The summed E-state index contributed by atoms with van der Waals surface area (Å²) in [5.74, 6) is 1.90. The summed E-state index contributed by atoms with van der Waals surface area (Å²) in [6.07, 6.45) is 1.29. The van der Waals surface area contributed by atoms with Crippen LogP contribution in [-0.2, 0) is 0 Å². The van der Waals surface area contributed by atoms with Gasteiger partial charge in [0.2, 0.25) is 0 Å². The van der Waals surface area contributed by atoms with E-state index in [2.05, 4.69) is 38.8 Å².